The molecule has 0 aliphatic carbocycles. The Bertz CT molecular complexity index is 1690. The lowest BCUT2D eigenvalue weighted by Crippen LogP contribution is -2.59. The van der Waals surface area contributed by atoms with Crippen molar-refractivity contribution in [1.82, 2.24) is 30.3 Å². The third-order valence-electron chi connectivity index (χ3n) is 11.7. The van der Waals surface area contributed by atoms with Gasteiger partial charge in [0.05, 0.1) is 54.8 Å². The highest BCUT2D eigenvalue weighted by molar-refractivity contribution is 5.90. The predicted molar refractivity (Wildman–Crippen MR) is 231 cm³/mol. The molecule has 0 radical (unpaired) electrons. The van der Waals surface area contributed by atoms with Crippen LogP contribution in [0.2, 0.25) is 0 Å². The number of benzene rings is 1. The Labute approximate surface area is 352 Å². The van der Waals surface area contributed by atoms with Gasteiger partial charge in [0.2, 0.25) is 23.6 Å². The van der Waals surface area contributed by atoms with Gasteiger partial charge < -0.3 is 40.7 Å². The number of ether oxygens (including phenoxy) is 2. The van der Waals surface area contributed by atoms with Crippen molar-refractivity contribution >= 4 is 29.4 Å². The highest BCUT2D eigenvalue weighted by Gasteiger charge is 2.43. The van der Waals surface area contributed by atoms with Gasteiger partial charge in [0, 0.05) is 40.6 Å². The van der Waals surface area contributed by atoms with Gasteiger partial charge in [-0.15, -0.1) is 0 Å². The minimum absolute atomic E-state index is 0.0515. The van der Waals surface area contributed by atoms with Crippen LogP contribution in [-0.2, 0) is 35.2 Å². The number of aromatic nitrogens is 1. The monoisotopic (exact) mass is 822 g/mol. The Morgan fingerprint density at radius 3 is 2.19 bits per heavy atom. The molecule has 2 heterocycles. The van der Waals surface area contributed by atoms with Crippen LogP contribution in [0.3, 0.4) is 0 Å². The van der Waals surface area contributed by atoms with Gasteiger partial charge in [-0.05, 0) is 68.3 Å². The van der Waals surface area contributed by atoms with Crippen LogP contribution < -0.4 is 16.4 Å². The lowest BCUT2D eigenvalue weighted by molar-refractivity contribution is -0.145. The van der Waals surface area contributed by atoms with Crippen LogP contribution in [0.15, 0.2) is 60.8 Å². The molecule has 0 spiro atoms. The number of hydrogen-bond acceptors (Lipinski definition) is 10. The number of likely N-dealkylation sites (tertiary alicyclic amines) is 1. The number of aliphatic hydroxyl groups is 1. The van der Waals surface area contributed by atoms with Gasteiger partial charge in [-0.3, -0.25) is 24.1 Å². The lowest BCUT2D eigenvalue weighted by Gasteiger charge is -2.39. The molecule has 1 fully saturated rings. The van der Waals surface area contributed by atoms with Crippen molar-refractivity contribution in [3.63, 3.8) is 0 Å². The minimum atomic E-state index is -0.894. The first kappa shape index (κ1) is 49.0. The first-order chi connectivity index (χ1) is 27.9. The van der Waals surface area contributed by atoms with Gasteiger partial charge in [-0.25, -0.2) is 4.98 Å². The molecule has 1 saturated heterocycles. The normalized spacial score (nSPS) is 18.4. The fourth-order valence-electron chi connectivity index (χ4n) is 8.37. The molecule has 1 aromatic carbocycles. The van der Waals surface area contributed by atoms with E-state index in [-0.39, 0.29) is 47.9 Å². The molecule has 14 heteroatoms. The van der Waals surface area contributed by atoms with E-state index in [9.17, 15) is 24.3 Å². The zero-order valence-electron chi connectivity index (χ0n) is 37.2. The summed E-state index contributed by atoms with van der Waals surface area (Å²) in [5, 5.41) is 16.9. The number of nitrogens with two attached hydrogens (primary N) is 1. The molecule has 59 heavy (non-hydrogen) atoms. The largest absolute Gasteiger partial charge is 0.386 e. The molecule has 9 atom stereocenters. The number of aliphatic hydroxyl groups excluding tert-OH is 1. The zero-order chi connectivity index (χ0) is 44.1. The molecule has 4 amide bonds. The Balaban J connectivity index is 1.77. The second-order valence-electron chi connectivity index (χ2n) is 16.7. The van der Waals surface area contributed by atoms with E-state index in [1.54, 1.807) is 50.1 Å². The number of likely N-dealkylation sites (N-methyl/N-ethyl adjacent to an activating group) is 2. The van der Waals surface area contributed by atoms with Gasteiger partial charge >= 0.3 is 0 Å². The summed E-state index contributed by atoms with van der Waals surface area (Å²) in [6.45, 7) is 18.4. The maximum Gasteiger partial charge on any atom is 0.245 e. The molecule has 14 nitrogen and oxygen atoms in total. The number of methoxy groups -OCH3 is 2. The average molecular weight is 822 g/mol. The van der Waals surface area contributed by atoms with Crippen LogP contribution in [0, 0.1) is 17.8 Å². The van der Waals surface area contributed by atoms with Gasteiger partial charge in [0.25, 0.3) is 0 Å². The Morgan fingerprint density at radius 2 is 1.63 bits per heavy atom. The number of hydrogen-bond donors (Lipinski definition) is 4. The van der Waals surface area contributed by atoms with Gasteiger partial charge in [0.15, 0.2) is 0 Å². The van der Waals surface area contributed by atoms with Crippen LogP contribution in [0.5, 0.6) is 0 Å². The third-order valence-corrected chi connectivity index (χ3v) is 11.7. The van der Waals surface area contributed by atoms with Gasteiger partial charge in [-0.2, -0.15) is 0 Å². The summed E-state index contributed by atoms with van der Waals surface area (Å²) < 4.78 is 11.9. The molecule has 0 unspecified atom stereocenters. The summed E-state index contributed by atoms with van der Waals surface area (Å²) in [4.78, 5) is 65.6. The number of nitrogens with one attached hydrogen (secondary N) is 2. The molecule has 0 saturated carbocycles. The SMILES string of the molecule is C=C(CC)[C@@H]([C@@H](CC(=O)N1CCC[C@H]1[C@H](OC)[C@@H](C)C(=O)N[C@H](C)[C@@H](O)c1ccccc1)OC)N(C)C(=O)[C@@H](NC(=O)[C@H](C(C)C)N(C)Cc1ccnc(N)c1)C(C)C. The summed E-state index contributed by atoms with van der Waals surface area (Å²) in [5.41, 5.74) is 8.22. The second kappa shape index (κ2) is 22.8. The first-order valence-corrected chi connectivity index (χ1v) is 20.9. The number of carbonyl (C=O) groups excluding carboxylic acids is 4. The van der Waals surface area contributed by atoms with E-state index in [0.29, 0.717) is 42.9 Å². The first-order valence-electron chi connectivity index (χ1n) is 20.9. The van der Waals surface area contributed by atoms with Crippen molar-refractivity contribution in [3.05, 3.63) is 71.9 Å². The summed E-state index contributed by atoms with van der Waals surface area (Å²) in [5.74, 6) is -1.64. The molecule has 1 aliphatic rings. The molecule has 1 aliphatic heterocycles. The fourth-order valence-corrected chi connectivity index (χ4v) is 8.37. The molecule has 0 bridgehead atoms. The average Bonchev–Trinajstić information content (AvgIpc) is 3.68. The number of amides is 4. The number of anilines is 1. The van der Waals surface area contributed by atoms with E-state index in [1.807, 2.05) is 83.0 Å². The Hall–Kier alpha value is -4.37. The van der Waals surface area contributed by atoms with E-state index in [0.717, 1.165) is 12.0 Å². The zero-order valence-corrected chi connectivity index (χ0v) is 37.2. The molecule has 1 aromatic heterocycles. The summed E-state index contributed by atoms with van der Waals surface area (Å²) in [7, 11) is 6.60. The summed E-state index contributed by atoms with van der Waals surface area (Å²) >= 11 is 0. The van der Waals surface area contributed by atoms with Crippen molar-refractivity contribution in [3.8, 4) is 0 Å². The van der Waals surface area contributed by atoms with E-state index >= 15 is 0 Å². The second-order valence-corrected chi connectivity index (χ2v) is 16.7. The smallest absolute Gasteiger partial charge is 0.245 e. The Kier molecular flexibility index (Phi) is 19.0. The van der Waals surface area contributed by atoms with Crippen LogP contribution in [0.1, 0.15) is 91.4 Å². The standard InChI is InChI=1S/C45H71N7O7/c1-13-29(6)40(51(10)45(57)38(27(2)3)49-44(56)39(28(4)5)50(9)26-32-21-22-47-36(46)24-32)35(58-11)25-37(53)52-23-17-20-34(52)42(59-12)30(7)43(55)48-31(8)41(54)33-18-15-14-16-19-33/h14-16,18-19,21-22,24,27-28,30-31,34-35,38-42,54H,6,13,17,20,23,25-26H2,1-5,7-12H3,(H2,46,47)(H,48,55)(H,49,56)/t30-,31-,34+,35-,38+,39+,40+,41-,42-/m1/s1. The third kappa shape index (κ3) is 12.8. The highest BCUT2D eigenvalue weighted by Crippen LogP contribution is 2.30. The quantitative estimate of drug-likeness (QED) is 0.125. The summed E-state index contributed by atoms with van der Waals surface area (Å²) in [6.07, 6.45) is 1.23. The van der Waals surface area contributed by atoms with Crippen LogP contribution in [0.25, 0.3) is 0 Å². The molecule has 2 aromatic rings. The molecular formula is C45H71N7O7. The number of rotatable bonds is 22. The molecule has 328 valence electrons. The molecular weight excluding hydrogens is 751 g/mol. The van der Waals surface area contributed by atoms with Crippen molar-refractivity contribution in [1.29, 1.82) is 0 Å². The minimum Gasteiger partial charge on any atom is -0.386 e. The van der Waals surface area contributed by atoms with Crippen molar-refractivity contribution in [2.45, 2.75) is 129 Å². The maximum absolute atomic E-state index is 14.5. The predicted octanol–water partition coefficient (Wildman–Crippen LogP) is 4.34. The van der Waals surface area contributed by atoms with Crippen molar-refractivity contribution in [2.24, 2.45) is 17.8 Å². The fraction of sp³-hybridized carbons (Fsp3) is 0.622. The molecule has 5 N–H and O–H groups in total. The summed E-state index contributed by atoms with van der Waals surface area (Å²) in [6, 6.07) is 9.76. The van der Waals surface area contributed by atoms with Crippen LogP contribution in [-0.4, -0.2) is 126 Å². The van der Waals surface area contributed by atoms with Gasteiger partial charge in [-0.1, -0.05) is 84.0 Å². The van der Waals surface area contributed by atoms with Crippen LogP contribution in [0.4, 0.5) is 5.82 Å². The highest BCUT2D eigenvalue weighted by atomic mass is 16.5. The van der Waals surface area contributed by atoms with Crippen molar-refractivity contribution < 1.29 is 33.8 Å². The topological polar surface area (TPSA) is 180 Å². The number of carbonyl (C=O) groups is 4. The van der Waals surface area contributed by atoms with E-state index < -0.39 is 48.4 Å². The Morgan fingerprint density at radius 1 is 0.966 bits per heavy atom. The van der Waals surface area contributed by atoms with Crippen molar-refractivity contribution in [2.75, 3.05) is 40.6 Å². The maximum atomic E-state index is 14.5. The van der Waals surface area contributed by atoms with Gasteiger partial charge in [0.1, 0.15) is 11.9 Å². The molecule has 3 rings (SSSR count). The number of nitrogen functional groups attached to an aromatic ring is 1. The van der Waals surface area contributed by atoms with E-state index in [1.165, 1.54) is 7.11 Å². The van der Waals surface area contributed by atoms with E-state index in [4.69, 9.17) is 15.2 Å². The number of pyridine rings is 1. The van der Waals surface area contributed by atoms with Crippen LogP contribution >= 0.6 is 0 Å². The van der Waals surface area contributed by atoms with E-state index in [2.05, 4.69) is 22.2 Å². The number of nitrogens with zero attached hydrogens (tertiary/aromatic N) is 4. The lowest BCUT2D eigenvalue weighted by atomic mass is 9.92.